The zero-order valence-electron chi connectivity index (χ0n) is 11.8. The second-order valence-corrected chi connectivity index (χ2v) is 5.67. The van der Waals surface area contributed by atoms with Crippen molar-refractivity contribution in [2.45, 2.75) is 20.3 Å². The summed E-state index contributed by atoms with van der Waals surface area (Å²) in [7, 11) is 0. The molecule has 3 aromatic rings. The van der Waals surface area contributed by atoms with E-state index in [1.807, 2.05) is 24.3 Å². The van der Waals surface area contributed by atoms with Gasteiger partial charge in [-0.15, -0.1) is 0 Å². The van der Waals surface area contributed by atoms with Crippen LogP contribution in [0.2, 0.25) is 5.15 Å². The number of halogens is 1. The molecule has 1 N–H and O–H groups in total. The molecule has 0 aliphatic heterocycles. The second-order valence-electron chi connectivity index (χ2n) is 5.31. The van der Waals surface area contributed by atoms with Crippen LogP contribution in [0.15, 0.2) is 24.3 Å². The number of fused-ring (bicyclic) bond motifs is 1. The topological polar surface area (TPSA) is 70.3 Å². The molecule has 0 unspecified atom stereocenters. The Kier molecular flexibility index (Phi) is 3.40. The van der Waals surface area contributed by atoms with E-state index in [2.05, 4.69) is 35.0 Å². The highest BCUT2D eigenvalue weighted by atomic mass is 35.5. The lowest BCUT2D eigenvalue weighted by atomic mass is 10.1. The number of hydrogen-bond donors (Lipinski definition) is 1. The van der Waals surface area contributed by atoms with Gasteiger partial charge in [0.2, 0.25) is 5.95 Å². The normalized spacial score (nSPS) is 11.2. The van der Waals surface area contributed by atoms with Gasteiger partial charge < -0.3 is 4.98 Å². The van der Waals surface area contributed by atoms with Crippen LogP contribution in [0.25, 0.3) is 17.0 Å². The third kappa shape index (κ3) is 2.39. The molecule has 0 saturated heterocycles. The van der Waals surface area contributed by atoms with Crippen molar-refractivity contribution in [1.29, 1.82) is 5.26 Å². The van der Waals surface area contributed by atoms with Crippen molar-refractivity contribution < 1.29 is 0 Å². The number of benzene rings is 1. The van der Waals surface area contributed by atoms with Gasteiger partial charge >= 0.3 is 0 Å². The van der Waals surface area contributed by atoms with Gasteiger partial charge in [-0.2, -0.15) is 15.0 Å². The average Bonchev–Trinajstić information content (AvgIpc) is 2.99. The van der Waals surface area contributed by atoms with Gasteiger partial charge in [0.25, 0.3) is 0 Å². The van der Waals surface area contributed by atoms with E-state index in [0.29, 0.717) is 34.7 Å². The van der Waals surface area contributed by atoms with Crippen LogP contribution in [0, 0.1) is 17.2 Å². The Morgan fingerprint density at radius 3 is 2.81 bits per heavy atom. The summed E-state index contributed by atoms with van der Waals surface area (Å²) in [6.07, 6.45) is 0.704. The molecule has 0 bridgehead atoms. The molecule has 3 rings (SSSR count). The van der Waals surface area contributed by atoms with Crippen LogP contribution in [0.3, 0.4) is 0 Å². The number of rotatable bonds is 3. The molecule has 106 valence electrons. The monoisotopic (exact) mass is 299 g/mol. The summed E-state index contributed by atoms with van der Waals surface area (Å²) in [6, 6.07) is 9.83. The second kappa shape index (κ2) is 5.23. The van der Waals surface area contributed by atoms with Crippen LogP contribution in [-0.2, 0) is 6.42 Å². The van der Waals surface area contributed by atoms with E-state index < -0.39 is 0 Å². The molecule has 0 radical (unpaired) electrons. The highest BCUT2D eigenvalue weighted by molar-refractivity contribution is 6.31. The van der Waals surface area contributed by atoms with Crippen LogP contribution < -0.4 is 0 Å². The number of nitrogens with zero attached hydrogens (tertiary/aromatic N) is 4. The largest absolute Gasteiger partial charge is 0.322 e. The molecule has 5 nitrogen and oxygen atoms in total. The summed E-state index contributed by atoms with van der Waals surface area (Å²) in [5.41, 5.74) is 2.87. The van der Waals surface area contributed by atoms with E-state index in [-0.39, 0.29) is 0 Å². The molecule has 1 aromatic carbocycles. The Morgan fingerprint density at radius 2 is 2.14 bits per heavy atom. The van der Waals surface area contributed by atoms with Crippen molar-refractivity contribution in [3.05, 3.63) is 40.7 Å². The summed E-state index contributed by atoms with van der Waals surface area (Å²) in [6.45, 7) is 4.16. The Balaban J connectivity index is 2.14. The van der Waals surface area contributed by atoms with Crippen LogP contribution in [0.1, 0.15) is 25.1 Å². The number of nitriles is 1. The lowest BCUT2D eigenvalue weighted by Gasteiger charge is -2.00. The van der Waals surface area contributed by atoms with Gasteiger partial charge in [0.15, 0.2) is 5.15 Å². The van der Waals surface area contributed by atoms with Gasteiger partial charge in [0, 0.05) is 0 Å². The fourth-order valence-electron chi connectivity index (χ4n) is 2.26. The molecule has 6 heteroatoms. The van der Waals surface area contributed by atoms with Gasteiger partial charge in [0.05, 0.1) is 16.7 Å². The molecule has 0 saturated carbocycles. The Hall–Kier alpha value is -2.32. The number of hydrogen-bond acceptors (Lipinski definition) is 3. The van der Waals surface area contributed by atoms with Gasteiger partial charge in [0.1, 0.15) is 11.6 Å². The van der Waals surface area contributed by atoms with E-state index in [1.165, 1.54) is 4.68 Å². The van der Waals surface area contributed by atoms with E-state index in [1.54, 1.807) is 0 Å². The molecule has 0 aliphatic rings. The van der Waals surface area contributed by atoms with E-state index in [0.717, 1.165) is 11.0 Å². The number of para-hydroxylation sites is 2. The third-order valence-corrected chi connectivity index (χ3v) is 3.54. The summed E-state index contributed by atoms with van der Waals surface area (Å²) < 4.78 is 1.50. The number of aromatic nitrogens is 4. The predicted molar refractivity (Wildman–Crippen MR) is 81.5 cm³/mol. The molecule has 0 spiro atoms. The fraction of sp³-hybridized carbons (Fsp3) is 0.267. The predicted octanol–water partition coefficient (Wildman–Crippen LogP) is 3.47. The number of imidazole rings is 1. The zero-order valence-corrected chi connectivity index (χ0v) is 12.5. The van der Waals surface area contributed by atoms with Crippen molar-refractivity contribution >= 4 is 22.6 Å². The number of H-pyrrole nitrogens is 1. The van der Waals surface area contributed by atoms with E-state index in [9.17, 15) is 5.26 Å². The Bertz CT molecular complexity index is 804. The van der Waals surface area contributed by atoms with Gasteiger partial charge in [-0.1, -0.05) is 37.6 Å². The SMILES string of the molecule is CC(C)Cc1nn(-c2nc3ccccc3[nH]2)c(Cl)c1C#N. The molecule has 2 heterocycles. The van der Waals surface area contributed by atoms with Crippen molar-refractivity contribution in [2.75, 3.05) is 0 Å². The average molecular weight is 300 g/mol. The minimum Gasteiger partial charge on any atom is -0.322 e. The quantitative estimate of drug-likeness (QED) is 0.805. The zero-order chi connectivity index (χ0) is 15.0. The van der Waals surface area contributed by atoms with E-state index in [4.69, 9.17) is 11.6 Å². The third-order valence-electron chi connectivity index (χ3n) is 3.19. The Labute approximate surface area is 127 Å². The fourth-order valence-corrected chi connectivity index (χ4v) is 2.53. The van der Waals surface area contributed by atoms with Gasteiger partial charge in [-0.25, -0.2) is 4.98 Å². The first-order chi connectivity index (χ1) is 10.1. The Morgan fingerprint density at radius 1 is 1.38 bits per heavy atom. The maximum absolute atomic E-state index is 9.29. The molecule has 2 aromatic heterocycles. The smallest absolute Gasteiger partial charge is 0.230 e. The van der Waals surface area contributed by atoms with Crippen LogP contribution in [0.5, 0.6) is 0 Å². The maximum atomic E-state index is 9.29. The highest BCUT2D eigenvalue weighted by Gasteiger charge is 2.19. The van der Waals surface area contributed by atoms with Crippen molar-refractivity contribution in [2.24, 2.45) is 5.92 Å². The van der Waals surface area contributed by atoms with Crippen LogP contribution in [-0.4, -0.2) is 19.7 Å². The number of aromatic amines is 1. The molecule has 0 fully saturated rings. The van der Waals surface area contributed by atoms with Crippen molar-refractivity contribution in [3.63, 3.8) is 0 Å². The molecule has 0 atom stereocenters. The molecule has 0 amide bonds. The van der Waals surface area contributed by atoms with E-state index >= 15 is 0 Å². The summed E-state index contributed by atoms with van der Waals surface area (Å²) >= 11 is 6.29. The highest BCUT2D eigenvalue weighted by Crippen LogP contribution is 2.24. The maximum Gasteiger partial charge on any atom is 0.230 e. The lowest BCUT2D eigenvalue weighted by Crippen LogP contribution is -2.01. The van der Waals surface area contributed by atoms with Crippen LogP contribution >= 0.6 is 11.6 Å². The van der Waals surface area contributed by atoms with Crippen molar-refractivity contribution in [3.8, 4) is 12.0 Å². The molecule has 21 heavy (non-hydrogen) atoms. The van der Waals surface area contributed by atoms with Crippen molar-refractivity contribution in [1.82, 2.24) is 19.7 Å². The summed E-state index contributed by atoms with van der Waals surface area (Å²) in [5.74, 6) is 0.917. The lowest BCUT2D eigenvalue weighted by molar-refractivity contribution is 0.626. The summed E-state index contributed by atoms with van der Waals surface area (Å²) in [5, 5.41) is 14.0. The standard InChI is InChI=1S/C15H14ClN5/c1-9(2)7-13-10(8-17)14(16)21(20-13)15-18-11-5-3-4-6-12(11)19-15/h3-6,9H,7H2,1-2H3,(H,18,19). The van der Waals surface area contributed by atoms with Gasteiger partial charge in [-0.05, 0) is 24.5 Å². The first-order valence-electron chi connectivity index (χ1n) is 6.72. The summed E-state index contributed by atoms with van der Waals surface area (Å²) in [4.78, 5) is 7.63. The minimum absolute atomic E-state index is 0.298. The minimum atomic E-state index is 0.298. The van der Waals surface area contributed by atoms with Crippen LogP contribution in [0.4, 0.5) is 0 Å². The molecule has 0 aliphatic carbocycles. The molecular weight excluding hydrogens is 286 g/mol. The number of nitrogens with one attached hydrogen (secondary N) is 1. The molecular formula is C15H14ClN5. The van der Waals surface area contributed by atoms with Gasteiger partial charge in [-0.3, -0.25) is 0 Å². The first-order valence-corrected chi connectivity index (χ1v) is 7.10. The first kappa shape index (κ1) is 13.7.